The molecule has 35 heavy (non-hydrogen) atoms. The summed E-state index contributed by atoms with van der Waals surface area (Å²) in [4.78, 5) is 12.0. The number of morpholine rings is 1. The lowest BCUT2D eigenvalue weighted by Crippen LogP contribution is -2.86. The standard InChI is InChI=1S/C18H32B8F2N6O/c1-9-4-7-33(32-9)13-30-11(29-10-2-5-14(27,28)6-3-10)8-12(31-13)34-15(19,20)17(23,24)35-18(25,26)16(34,21)22/h4,7-8,10H,2-3,5-6,19-26H2,1H3,(H,29,30,31). The van der Waals surface area contributed by atoms with E-state index in [4.69, 9.17) is 14.7 Å². The molecule has 178 valence electrons. The molecule has 17 heteroatoms. The van der Waals surface area contributed by atoms with Crippen LogP contribution < -0.4 is 10.2 Å². The van der Waals surface area contributed by atoms with Crippen molar-refractivity contribution < 1.29 is 13.5 Å². The summed E-state index contributed by atoms with van der Waals surface area (Å²) in [6.45, 7) is 1.92. The van der Waals surface area contributed by atoms with Crippen LogP contribution in [-0.4, -0.2) is 116 Å². The largest absolute Gasteiger partial charge is 0.402 e. The van der Waals surface area contributed by atoms with E-state index in [1.54, 1.807) is 4.68 Å². The Bertz CT molecular complexity index is 1080. The number of alkyl halides is 2. The van der Waals surface area contributed by atoms with Crippen molar-refractivity contribution in [1.82, 2.24) is 19.7 Å². The van der Waals surface area contributed by atoms with Crippen molar-refractivity contribution in [3.63, 3.8) is 0 Å². The van der Waals surface area contributed by atoms with E-state index >= 15 is 0 Å². The Morgan fingerprint density at radius 2 is 1.54 bits per heavy atom. The number of nitrogens with zero attached hydrogens (tertiary/aromatic N) is 5. The normalized spacial score (nSPS) is 24.6. The van der Waals surface area contributed by atoms with Crippen molar-refractivity contribution in [3.05, 3.63) is 24.0 Å². The molecule has 1 saturated carbocycles. The van der Waals surface area contributed by atoms with Crippen molar-refractivity contribution in [2.24, 2.45) is 0 Å². The highest BCUT2D eigenvalue weighted by molar-refractivity contribution is 6.61. The van der Waals surface area contributed by atoms with E-state index in [1.165, 1.54) is 0 Å². The van der Waals surface area contributed by atoms with Gasteiger partial charge in [0.15, 0.2) is 0 Å². The number of aromatic nitrogens is 4. The average molecular weight is 473 g/mol. The second kappa shape index (κ2) is 8.38. The number of ether oxygens (including phenoxy) is 1. The summed E-state index contributed by atoms with van der Waals surface area (Å²) in [5.74, 6) is -0.785. The van der Waals surface area contributed by atoms with E-state index in [-0.39, 0.29) is 18.9 Å². The predicted octanol–water partition coefficient (Wildman–Crippen LogP) is -5.52. The Hall–Kier alpha value is -1.77. The molecule has 0 aromatic carbocycles. The molecular weight excluding hydrogens is 441 g/mol. The maximum Gasteiger partial charge on any atom is 0.254 e. The second-order valence-electron chi connectivity index (χ2n) is 12.2. The van der Waals surface area contributed by atoms with Crippen LogP contribution in [0.3, 0.4) is 0 Å². The van der Waals surface area contributed by atoms with Crippen molar-refractivity contribution >= 4 is 74.4 Å². The van der Waals surface area contributed by atoms with Gasteiger partial charge in [0.2, 0.25) is 5.92 Å². The number of hydrogen-bond acceptors (Lipinski definition) is 6. The molecule has 2 aromatic rings. The zero-order valence-corrected chi connectivity index (χ0v) is 22.5. The molecule has 2 aliphatic rings. The lowest BCUT2D eigenvalue weighted by Gasteiger charge is -2.69. The molecule has 1 aliphatic heterocycles. The molecule has 2 fully saturated rings. The Labute approximate surface area is 214 Å². The van der Waals surface area contributed by atoms with Gasteiger partial charge < -0.3 is 15.0 Å². The first-order chi connectivity index (χ1) is 16.0. The molecule has 1 saturated heterocycles. The number of rotatable bonds is 4. The van der Waals surface area contributed by atoms with Gasteiger partial charge >= 0.3 is 0 Å². The maximum atomic E-state index is 13.7. The van der Waals surface area contributed by atoms with Gasteiger partial charge in [0.05, 0.1) is 5.69 Å². The fourth-order valence-electron chi connectivity index (χ4n) is 5.33. The first-order valence-electron chi connectivity index (χ1n) is 12.5. The van der Waals surface area contributed by atoms with Gasteiger partial charge in [-0.05, 0) is 36.5 Å². The molecule has 0 radical (unpaired) electrons. The van der Waals surface area contributed by atoms with E-state index in [0.717, 1.165) is 11.5 Å². The highest BCUT2D eigenvalue weighted by atomic mass is 19.3. The molecule has 0 atom stereocenters. The average Bonchev–Trinajstić information content (AvgIpc) is 3.14. The maximum absolute atomic E-state index is 13.7. The van der Waals surface area contributed by atoms with Crippen LogP contribution in [0.1, 0.15) is 31.4 Å². The van der Waals surface area contributed by atoms with Gasteiger partial charge in [-0.25, -0.2) is 13.5 Å². The van der Waals surface area contributed by atoms with E-state index in [0.29, 0.717) is 24.6 Å². The molecule has 1 N–H and O–H groups in total. The van der Waals surface area contributed by atoms with Gasteiger partial charge in [-0.2, -0.15) is 15.1 Å². The number of hydrogen-bond donors (Lipinski definition) is 1. The monoisotopic (exact) mass is 474 g/mol. The first kappa shape index (κ1) is 26.3. The molecule has 0 bridgehead atoms. The Kier molecular flexibility index (Phi) is 6.30. The fraction of sp³-hybridized carbons (Fsp3) is 0.611. The summed E-state index contributed by atoms with van der Waals surface area (Å²) in [5.41, 5.74) is 0.859. The van der Waals surface area contributed by atoms with Crippen LogP contribution in [0.25, 0.3) is 5.95 Å². The topological polar surface area (TPSA) is 68.1 Å². The molecule has 2 aromatic heterocycles. The Morgan fingerprint density at radius 3 is 2.06 bits per heavy atom. The highest BCUT2D eigenvalue weighted by Crippen LogP contribution is 2.43. The molecule has 1 aliphatic carbocycles. The van der Waals surface area contributed by atoms with E-state index in [9.17, 15) is 8.78 Å². The molecule has 3 heterocycles. The summed E-state index contributed by atoms with van der Waals surface area (Å²) in [7, 11) is 17.1. The first-order valence-corrected chi connectivity index (χ1v) is 12.5. The van der Waals surface area contributed by atoms with E-state index in [1.807, 2.05) is 25.3 Å². The van der Waals surface area contributed by atoms with Gasteiger partial charge in [-0.15, -0.1) is 0 Å². The SMILES string of the molecule is BC1(B)OC(B)(B)C(B)(B)N(c2cc(NC3CCC(F)(F)CC3)nc(-n3ccc(C)n3)n2)C1(B)B. The highest BCUT2D eigenvalue weighted by Gasteiger charge is 2.59. The van der Waals surface area contributed by atoms with Crippen LogP contribution in [0, 0.1) is 6.92 Å². The van der Waals surface area contributed by atoms with Crippen LogP contribution in [-0.2, 0) is 4.74 Å². The van der Waals surface area contributed by atoms with Crippen LogP contribution in [0.4, 0.5) is 20.4 Å². The van der Waals surface area contributed by atoms with Gasteiger partial charge in [-0.3, -0.25) is 0 Å². The third-order valence-electron chi connectivity index (χ3n) is 8.50. The zero-order valence-electron chi connectivity index (χ0n) is 22.5. The molecule has 0 spiro atoms. The summed E-state index contributed by atoms with van der Waals surface area (Å²) in [6.07, 6.45) is 2.41. The lowest BCUT2D eigenvalue weighted by molar-refractivity contribution is -0.0361. The molecule has 7 nitrogen and oxygen atoms in total. The molecule has 0 amide bonds. The Balaban J connectivity index is 1.81. The third kappa shape index (κ3) is 4.69. The van der Waals surface area contributed by atoms with Crippen molar-refractivity contribution in [2.75, 3.05) is 10.2 Å². The number of halogens is 2. The van der Waals surface area contributed by atoms with Crippen LogP contribution in [0.2, 0.25) is 0 Å². The van der Waals surface area contributed by atoms with Crippen LogP contribution in [0.15, 0.2) is 18.3 Å². The molecule has 4 rings (SSSR count). The molecule has 0 unspecified atom stereocenters. The molecular formula is C18H32B8F2N6O. The fourth-order valence-corrected chi connectivity index (χ4v) is 5.33. The second-order valence-corrected chi connectivity index (χ2v) is 12.2. The van der Waals surface area contributed by atoms with E-state index in [2.05, 4.69) is 78.1 Å². The minimum Gasteiger partial charge on any atom is -0.402 e. The number of aryl methyl sites for hydroxylation is 1. The predicted molar refractivity (Wildman–Crippen MR) is 158 cm³/mol. The van der Waals surface area contributed by atoms with Crippen molar-refractivity contribution in [3.8, 4) is 5.95 Å². The lowest BCUT2D eigenvalue weighted by atomic mass is 9.30. The van der Waals surface area contributed by atoms with Crippen molar-refractivity contribution in [2.45, 2.75) is 66.0 Å². The quantitative estimate of drug-likeness (QED) is 0.448. The minimum atomic E-state index is -2.58. The summed E-state index contributed by atoms with van der Waals surface area (Å²) >= 11 is 0. The Morgan fingerprint density at radius 1 is 0.971 bits per heavy atom. The van der Waals surface area contributed by atoms with E-state index < -0.39 is 27.4 Å². The number of anilines is 2. The van der Waals surface area contributed by atoms with Gasteiger partial charge in [0, 0.05) is 41.9 Å². The van der Waals surface area contributed by atoms with Crippen molar-refractivity contribution in [1.29, 1.82) is 0 Å². The zero-order chi connectivity index (χ0) is 26.0. The van der Waals surface area contributed by atoms with Crippen LogP contribution >= 0.6 is 0 Å². The third-order valence-corrected chi connectivity index (χ3v) is 8.50. The van der Waals surface area contributed by atoms with Gasteiger partial charge in [-0.1, -0.05) is 0 Å². The number of nitrogens with one attached hydrogen (secondary N) is 1. The minimum absolute atomic E-state index is 0.0665. The van der Waals surface area contributed by atoms with Crippen LogP contribution in [0.5, 0.6) is 0 Å². The summed E-state index contributed by atoms with van der Waals surface area (Å²) in [6, 6.07) is 3.78. The smallest absolute Gasteiger partial charge is 0.254 e. The van der Waals surface area contributed by atoms with Gasteiger partial charge in [0.25, 0.3) is 5.95 Å². The van der Waals surface area contributed by atoms with Gasteiger partial charge in [0.1, 0.15) is 74.4 Å². The summed E-state index contributed by atoms with van der Waals surface area (Å²) < 4.78 is 35.8. The summed E-state index contributed by atoms with van der Waals surface area (Å²) in [5, 5.41) is 6.13.